The maximum Gasteiger partial charge on any atom is 0.407 e. The molecule has 0 aromatic rings. The van der Waals surface area contributed by atoms with E-state index in [4.69, 9.17) is 16.3 Å². The SMILES string of the molecule is CCCCC(NC(=O)OCC)C(=O)CCl. The molecule has 0 aliphatic heterocycles. The zero-order valence-corrected chi connectivity index (χ0v) is 9.97. The molecule has 0 spiro atoms. The molecule has 5 heteroatoms. The standard InChI is InChI=1S/C10H18ClNO3/c1-3-5-6-8(9(13)7-11)12-10(14)15-4-2/h8H,3-7H2,1-2H3,(H,12,14). The Bertz CT molecular complexity index is 209. The van der Waals surface area contributed by atoms with Gasteiger partial charge in [-0.15, -0.1) is 11.6 Å². The van der Waals surface area contributed by atoms with Gasteiger partial charge in [0, 0.05) is 0 Å². The summed E-state index contributed by atoms with van der Waals surface area (Å²) in [5.41, 5.74) is 0. The Balaban J connectivity index is 4.11. The van der Waals surface area contributed by atoms with Crippen molar-refractivity contribution in [3.8, 4) is 0 Å². The minimum atomic E-state index is -0.558. The van der Waals surface area contributed by atoms with E-state index in [-0.39, 0.29) is 11.7 Å². The molecule has 1 N–H and O–H groups in total. The summed E-state index contributed by atoms with van der Waals surface area (Å²) in [6, 6.07) is -0.513. The molecule has 4 nitrogen and oxygen atoms in total. The summed E-state index contributed by atoms with van der Waals surface area (Å²) >= 11 is 5.44. The number of carbonyl (C=O) groups excluding carboxylic acids is 2. The van der Waals surface area contributed by atoms with Crippen LogP contribution in [0.5, 0.6) is 0 Å². The van der Waals surface area contributed by atoms with E-state index in [1.54, 1.807) is 6.92 Å². The van der Waals surface area contributed by atoms with Crippen LogP contribution in [-0.2, 0) is 9.53 Å². The average Bonchev–Trinajstić information content (AvgIpc) is 2.23. The summed E-state index contributed by atoms with van der Waals surface area (Å²) < 4.78 is 4.70. The highest BCUT2D eigenvalue weighted by Crippen LogP contribution is 2.03. The van der Waals surface area contributed by atoms with E-state index < -0.39 is 12.1 Å². The second kappa shape index (κ2) is 8.53. The second-order valence-electron chi connectivity index (χ2n) is 3.16. The fourth-order valence-electron chi connectivity index (χ4n) is 1.13. The number of unbranched alkanes of at least 4 members (excludes halogenated alkanes) is 1. The van der Waals surface area contributed by atoms with E-state index in [1.165, 1.54) is 0 Å². The lowest BCUT2D eigenvalue weighted by Gasteiger charge is -2.15. The summed E-state index contributed by atoms with van der Waals surface area (Å²) in [6.07, 6.45) is 1.90. The molecule has 0 aromatic heterocycles. The first kappa shape index (κ1) is 14.2. The number of hydrogen-bond donors (Lipinski definition) is 1. The zero-order chi connectivity index (χ0) is 11.7. The number of alkyl carbamates (subject to hydrolysis) is 1. The summed E-state index contributed by atoms with van der Waals surface area (Å²) in [4.78, 5) is 22.5. The molecule has 88 valence electrons. The molecule has 0 fully saturated rings. The van der Waals surface area contributed by atoms with Crippen molar-refractivity contribution in [2.24, 2.45) is 0 Å². The molecule has 0 saturated carbocycles. The van der Waals surface area contributed by atoms with E-state index in [2.05, 4.69) is 5.32 Å². The minimum Gasteiger partial charge on any atom is -0.450 e. The number of carbonyl (C=O) groups is 2. The highest BCUT2D eigenvalue weighted by atomic mass is 35.5. The number of halogens is 1. The van der Waals surface area contributed by atoms with Gasteiger partial charge in [-0.05, 0) is 13.3 Å². The van der Waals surface area contributed by atoms with Gasteiger partial charge in [-0.3, -0.25) is 4.79 Å². The van der Waals surface area contributed by atoms with Gasteiger partial charge in [0.25, 0.3) is 0 Å². The van der Waals surface area contributed by atoms with Crippen LogP contribution in [0.4, 0.5) is 4.79 Å². The van der Waals surface area contributed by atoms with E-state index in [0.717, 1.165) is 12.8 Å². The van der Waals surface area contributed by atoms with Crippen LogP contribution in [0.15, 0.2) is 0 Å². The van der Waals surface area contributed by atoms with E-state index in [9.17, 15) is 9.59 Å². The molecule has 0 heterocycles. The molecular formula is C10H18ClNO3. The van der Waals surface area contributed by atoms with Crippen molar-refractivity contribution in [3.05, 3.63) is 0 Å². The van der Waals surface area contributed by atoms with Gasteiger partial charge in [0.1, 0.15) is 0 Å². The van der Waals surface area contributed by atoms with Crippen molar-refractivity contribution >= 4 is 23.5 Å². The highest BCUT2D eigenvalue weighted by Gasteiger charge is 2.19. The zero-order valence-electron chi connectivity index (χ0n) is 9.22. The summed E-state index contributed by atoms with van der Waals surface area (Å²) in [7, 11) is 0. The van der Waals surface area contributed by atoms with Crippen LogP contribution < -0.4 is 5.32 Å². The van der Waals surface area contributed by atoms with Gasteiger partial charge in [0.05, 0.1) is 18.5 Å². The van der Waals surface area contributed by atoms with Crippen LogP contribution in [0.1, 0.15) is 33.1 Å². The van der Waals surface area contributed by atoms with Crippen LogP contribution in [-0.4, -0.2) is 30.4 Å². The third kappa shape index (κ3) is 6.33. The molecule has 0 radical (unpaired) electrons. The quantitative estimate of drug-likeness (QED) is 0.688. The van der Waals surface area contributed by atoms with Crippen molar-refractivity contribution in [1.29, 1.82) is 0 Å². The fraction of sp³-hybridized carbons (Fsp3) is 0.800. The number of ether oxygens (including phenoxy) is 1. The molecule has 1 amide bonds. The Kier molecular flexibility index (Phi) is 8.09. The second-order valence-corrected chi connectivity index (χ2v) is 3.43. The summed E-state index contributed by atoms with van der Waals surface area (Å²) in [6.45, 7) is 4.03. The average molecular weight is 236 g/mol. The summed E-state index contributed by atoms with van der Waals surface area (Å²) in [5.74, 6) is -0.251. The first-order valence-corrected chi connectivity index (χ1v) is 5.71. The van der Waals surface area contributed by atoms with Crippen molar-refractivity contribution in [2.45, 2.75) is 39.2 Å². The smallest absolute Gasteiger partial charge is 0.407 e. The van der Waals surface area contributed by atoms with Gasteiger partial charge >= 0.3 is 6.09 Å². The lowest BCUT2D eigenvalue weighted by Crippen LogP contribution is -2.41. The topological polar surface area (TPSA) is 55.4 Å². The van der Waals surface area contributed by atoms with Gasteiger partial charge in [-0.2, -0.15) is 0 Å². The Morgan fingerprint density at radius 3 is 2.53 bits per heavy atom. The van der Waals surface area contributed by atoms with Crippen LogP contribution in [0.2, 0.25) is 0 Å². The molecule has 0 aromatic carbocycles. The van der Waals surface area contributed by atoms with Gasteiger partial charge in [-0.25, -0.2) is 4.79 Å². The third-order valence-electron chi connectivity index (χ3n) is 1.93. The first-order valence-electron chi connectivity index (χ1n) is 5.17. The molecule has 1 unspecified atom stereocenters. The fourth-order valence-corrected chi connectivity index (χ4v) is 1.32. The molecule has 15 heavy (non-hydrogen) atoms. The molecule has 1 atom stereocenters. The number of rotatable bonds is 7. The van der Waals surface area contributed by atoms with E-state index in [1.807, 2.05) is 6.92 Å². The largest absolute Gasteiger partial charge is 0.450 e. The molecular weight excluding hydrogens is 218 g/mol. The minimum absolute atomic E-state index is 0.0826. The first-order chi connectivity index (χ1) is 7.15. The van der Waals surface area contributed by atoms with Gasteiger partial charge in [0.15, 0.2) is 5.78 Å². The van der Waals surface area contributed by atoms with E-state index >= 15 is 0 Å². The molecule has 0 aliphatic carbocycles. The Morgan fingerprint density at radius 1 is 1.40 bits per heavy atom. The Hall–Kier alpha value is -0.770. The maximum atomic E-state index is 11.4. The van der Waals surface area contributed by atoms with Gasteiger partial charge in [-0.1, -0.05) is 19.8 Å². The predicted octanol–water partition coefficient (Wildman–Crippen LogP) is 2.10. The Labute approximate surface area is 95.3 Å². The van der Waals surface area contributed by atoms with Crippen LogP contribution >= 0.6 is 11.6 Å². The number of hydrogen-bond acceptors (Lipinski definition) is 3. The monoisotopic (exact) mass is 235 g/mol. The number of amides is 1. The number of ketones is 1. The normalized spacial score (nSPS) is 11.9. The van der Waals surface area contributed by atoms with E-state index in [0.29, 0.717) is 13.0 Å². The lowest BCUT2D eigenvalue weighted by molar-refractivity contribution is -0.118. The number of alkyl halides is 1. The van der Waals surface area contributed by atoms with Crippen LogP contribution in [0.25, 0.3) is 0 Å². The highest BCUT2D eigenvalue weighted by molar-refractivity contribution is 6.28. The third-order valence-corrected chi connectivity index (χ3v) is 2.20. The van der Waals surface area contributed by atoms with Crippen molar-refractivity contribution in [1.82, 2.24) is 5.32 Å². The van der Waals surface area contributed by atoms with Crippen LogP contribution in [0.3, 0.4) is 0 Å². The van der Waals surface area contributed by atoms with Gasteiger partial charge < -0.3 is 10.1 Å². The molecule has 0 rings (SSSR count). The molecule has 0 saturated heterocycles. The van der Waals surface area contributed by atoms with Crippen molar-refractivity contribution in [2.75, 3.05) is 12.5 Å². The Morgan fingerprint density at radius 2 is 2.07 bits per heavy atom. The predicted molar refractivity (Wildman–Crippen MR) is 59.2 cm³/mol. The molecule has 0 aliphatic rings. The van der Waals surface area contributed by atoms with Crippen molar-refractivity contribution < 1.29 is 14.3 Å². The lowest BCUT2D eigenvalue weighted by atomic mass is 10.1. The van der Waals surface area contributed by atoms with Crippen molar-refractivity contribution in [3.63, 3.8) is 0 Å². The maximum absolute atomic E-state index is 11.4. The van der Waals surface area contributed by atoms with Gasteiger partial charge in [0.2, 0.25) is 0 Å². The number of nitrogens with one attached hydrogen (secondary N) is 1. The van der Waals surface area contributed by atoms with Crippen LogP contribution in [0, 0.1) is 0 Å². The summed E-state index contributed by atoms with van der Waals surface area (Å²) in [5, 5.41) is 2.51. The number of Topliss-reactive ketones (excluding diaryl/α,β-unsaturated/α-hetero) is 1. The molecule has 0 bridgehead atoms.